The number of ether oxygens (including phenoxy) is 1. The van der Waals surface area contributed by atoms with Crippen molar-refractivity contribution >= 4 is 28.7 Å². The van der Waals surface area contributed by atoms with Crippen LogP contribution in [0.1, 0.15) is 127 Å². The molecule has 262 valence electrons. The Morgan fingerprint density at radius 2 is 1.63 bits per heavy atom. The predicted molar refractivity (Wildman–Crippen MR) is 201 cm³/mol. The number of aromatic nitrogens is 2. The second-order valence-electron chi connectivity index (χ2n) is 14.6. The van der Waals surface area contributed by atoms with Crippen LogP contribution in [0.4, 0.5) is 10.5 Å². The Hall–Kier alpha value is -4.13. The number of esters is 1. The van der Waals surface area contributed by atoms with Gasteiger partial charge in [0, 0.05) is 31.2 Å². The Balaban J connectivity index is 1.44. The molecule has 2 amide bonds. The van der Waals surface area contributed by atoms with Gasteiger partial charge in [-0.1, -0.05) is 101 Å². The molecule has 7 heteroatoms. The van der Waals surface area contributed by atoms with E-state index in [-0.39, 0.29) is 18.0 Å². The molecule has 1 fully saturated rings. The van der Waals surface area contributed by atoms with Crippen LogP contribution in [0.3, 0.4) is 0 Å². The number of aryl methyl sites for hydroxylation is 1. The Labute approximate surface area is 293 Å². The number of hydrogen-bond donors (Lipinski definition) is 1. The summed E-state index contributed by atoms with van der Waals surface area (Å²) in [5, 5.41) is 3.25. The van der Waals surface area contributed by atoms with E-state index in [0.29, 0.717) is 18.7 Å². The highest BCUT2D eigenvalue weighted by Gasteiger charge is 2.28. The number of nitrogens with one attached hydrogen (secondary N) is 1. The zero-order valence-electron chi connectivity index (χ0n) is 30.4. The number of hydrogen-bond acceptors (Lipinski definition) is 4. The van der Waals surface area contributed by atoms with E-state index < -0.39 is 5.60 Å². The lowest BCUT2D eigenvalue weighted by molar-refractivity contribution is 0.00703. The molecule has 1 heterocycles. The smallest absolute Gasteiger partial charge is 0.339 e. The number of benzene rings is 3. The van der Waals surface area contributed by atoms with Gasteiger partial charge >= 0.3 is 12.0 Å². The van der Waals surface area contributed by atoms with Crippen LogP contribution >= 0.6 is 0 Å². The molecule has 49 heavy (non-hydrogen) atoms. The van der Waals surface area contributed by atoms with Crippen molar-refractivity contribution in [1.29, 1.82) is 0 Å². The van der Waals surface area contributed by atoms with Gasteiger partial charge in [0.2, 0.25) is 0 Å². The number of imidazole rings is 1. The lowest BCUT2D eigenvalue weighted by atomic mass is 9.94. The average molecular weight is 665 g/mol. The maximum atomic E-state index is 13.8. The Bertz CT molecular complexity index is 1680. The van der Waals surface area contributed by atoms with E-state index in [4.69, 9.17) is 9.72 Å². The highest BCUT2D eigenvalue weighted by molar-refractivity contribution is 5.97. The van der Waals surface area contributed by atoms with Crippen molar-refractivity contribution in [3.05, 3.63) is 83.7 Å². The van der Waals surface area contributed by atoms with Gasteiger partial charge in [-0.2, -0.15) is 0 Å². The molecule has 1 aliphatic rings. The number of rotatable bonds is 14. The molecule has 0 radical (unpaired) electrons. The van der Waals surface area contributed by atoms with Crippen LogP contribution in [0.25, 0.3) is 22.2 Å². The largest absolute Gasteiger partial charge is 0.456 e. The van der Waals surface area contributed by atoms with Crippen molar-refractivity contribution in [2.75, 3.05) is 11.4 Å². The van der Waals surface area contributed by atoms with E-state index in [1.54, 1.807) is 0 Å². The van der Waals surface area contributed by atoms with Crippen LogP contribution in [0.15, 0.2) is 66.7 Å². The van der Waals surface area contributed by atoms with Crippen LogP contribution in [-0.4, -0.2) is 39.7 Å². The van der Waals surface area contributed by atoms with Crippen molar-refractivity contribution in [3.8, 4) is 11.1 Å². The number of carbonyl (C=O) groups is 2. The molecule has 0 spiro atoms. The molecule has 0 bridgehead atoms. The molecule has 0 unspecified atom stereocenters. The maximum absolute atomic E-state index is 13.8. The normalized spacial score (nSPS) is 13.8. The van der Waals surface area contributed by atoms with Crippen molar-refractivity contribution in [2.45, 2.75) is 130 Å². The first-order chi connectivity index (χ1) is 23.7. The number of urea groups is 1. The summed E-state index contributed by atoms with van der Waals surface area (Å²) in [6.07, 6.45) is 13.2. The van der Waals surface area contributed by atoms with Gasteiger partial charge in [0.05, 0.1) is 16.6 Å². The van der Waals surface area contributed by atoms with Crippen molar-refractivity contribution in [2.24, 2.45) is 0 Å². The number of carbonyl (C=O) groups excluding carboxylic acids is 2. The number of unbranched alkanes of at least 4 members (excludes halogenated alkanes) is 4. The van der Waals surface area contributed by atoms with E-state index in [2.05, 4.69) is 66.2 Å². The molecular weight excluding hydrogens is 608 g/mol. The van der Waals surface area contributed by atoms with E-state index in [1.165, 1.54) is 19.3 Å². The first-order valence-electron chi connectivity index (χ1n) is 18.7. The third-order valence-corrected chi connectivity index (χ3v) is 9.46. The molecule has 0 aliphatic heterocycles. The van der Waals surface area contributed by atoms with E-state index in [9.17, 15) is 9.59 Å². The first kappa shape index (κ1) is 36.2. The number of anilines is 1. The Morgan fingerprint density at radius 1 is 0.898 bits per heavy atom. The lowest BCUT2D eigenvalue weighted by Crippen LogP contribution is -2.47. The molecule has 0 saturated heterocycles. The molecule has 1 saturated carbocycles. The predicted octanol–water partition coefficient (Wildman–Crippen LogP) is 10.5. The summed E-state index contributed by atoms with van der Waals surface area (Å²) >= 11 is 0. The van der Waals surface area contributed by atoms with Crippen molar-refractivity contribution < 1.29 is 14.3 Å². The van der Waals surface area contributed by atoms with Gasteiger partial charge in [0.15, 0.2) is 0 Å². The fourth-order valence-corrected chi connectivity index (χ4v) is 6.90. The standard InChI is InChI=1S/C42H56N4O3/c1-6-8-10-16-28-43-41(48)46(33-17-12-11-13-18-33)34-26-27-37-38(29-34)45(39(44-37)21-9-7-2)30-31-22-24-32(25-23-31)35-19-14-15-20-36(35)40(47)49-42(3,4)5/h14-15,19-20,22-27,29,33H,6-13,16-18,21,28,30H2,1-5H3,(H,43,48). The van der Waals surface area contributed by atoms with Gasteiger partial charge in [-0.05, 0) is 87.4 Å². The number of nitrogens with zero attached hydrogens (tertiary/aromatic N) is 3. The fourth-order valence-electron chi connectivity index (χ4n) is 6.90. The Kier molecular flexibility index (Phi) is 12.5. The zero-order chi connectivity index (χ0) is 34.8. The number of amides is 2. The fraction of sp³-hybridized carbons (Fsp3) is 0.500. The zero-order valence-corrected chi connectivity index (χ0v) is 30.4. The molecule has 0 atom stereocenters. The molecule has 3 aromatic carbocycles. The monoisotopic (exact) mass is 664 g/mol. The van der Waals surface area contributed by atoms with Crippen molar-refractivity contribution in [3.63, 3.8) is 0 Å². The van der Waals surface area contributed by atoms with Gasteiger partial charge in [0.25, 0.3) is 0 Å². The topological polar surface area (TPSA) is 76.5 Å². The second-order valence-corrected chi connectivity index (χ2v) is 14.6. The highest BCUT2D eigenvalue weighted by atomic mass is 16.6. The minimum absolute atomic E-state index is 0.0160. The van der Waals surface area contributed by atoms with Crippen LogP contribution < -0.4 is 10.2 Å². The third-order valence-electron chi connectivity index (χ3n) is 9.46. The summed E-state index contributed by atoms with van der Waals surface area (Å²) in [7, 11) is 0. The molecule has 1 N–H and O–H groups in total. The molecular formula is C42H56N4O3. The van der Waals surface area contributed by atoms with E-state index >= 15 is 0 Å². The average Bonchev–Trinajstić information content (AvgIpc) is 3.43. The maximum Gasteiger partial charge on any atom is 0.339 e. The van der Waals surface area contributed by atoms with E-state index in [1.807, 2.05) is 49.9 Å². The molecule has 4 aromatic rings. The van der Waals surface area contributed by atoms with Crippen LogP contribution in [0.5, 0.6) is 0 Å². The molecule has 1 aliphatic carbocycles. The van der Waals surface area contributed by atoms with Crippen molar-refractivity contribution in [1.82, 2.24) is 14.9 Å². The second kappa shape index (κ2) is 17.0. The van der Waals surface area contributed by atoms with Crippen LogP contribution in [0.2, 0.25) is 0 Å². The Morgan fingerprint density at radius 3 is 2.35 bits per heavy atom. The van der Waals surface area contributed by atoms with Crippen LogP contribution in [0, 0.1) is 0 Å². The molecule has 5 rings (SSSR count). The SMILES string of the molecule is CCCCCCNC(=O)N(c1ccc2nc(CCCC)n(Cc3ccc(-c4ccccc4C(=O)OC(C)(C)C)cc3)c2c1)C1CCCCC1. The minimum Gasteiger partial charge on any atom is -0.456 e. The summed E-state index contributed by atoms with van der Waals surface area (Å²) in [5.74, 6) is 0.749. The minimum atomic E-state index is -0.567. The third kappa shape index (κ3) is 9.52. The van der Waals surface area contributed by atoms with Crippen LogP contribution in [-0.2, 0) is 17.7 Å². The first-order valence-corrected chi connectivity index (χ1v) is 18.7. The van der Waals surface area contributed by atoms with E-state index in [0.717, 1.165) is 97.0 Å². The highest BCUT2D eigenvalue weighted by Crippen LogP contribution is 2.32. The van der Waals surface area contributed by atoms with Gasteiger partial charge < -0.3 is 14.6 Å². The van der Waals surface area contributed by atoms with Gasteiger partial charge in [-0.25, -0.2) is 14.6 Å². The summed E-state index contributed by atoms with van der Waals surface area (Å²) < 4.78 is 8.03. The number of fused-ring (bicyclic) bond motifs is 1. The van der Waals surface area contributed by atoms with Gasteiger partial charge in [-0.15, -0.1) is 0 Å². The molecule has 7 nitrogen and oxygen atoms in total. The summed E-state index contributed by atoms with van der Waals surface area (Å²) in [5.41, 5.74) is 5.93. The summed E-state index contributed by atoms with van der Waals surface area (Å²) in [4.78, 5) is 33.9. The summed E-state index contributed by atoms with van der Waals surface area (Å²) in [6.45, 7) is 11.5. The quantitative estimate of drug-likeness (QED) is 0.108. The molecule has 1 aromatic heterocycles. The summed E-state index contributed by atoms with van der Waals surface area (Å²) in [6, 6.07) is 22.7. The van der Waals surface area contributed by atoms with Gasteiger partial charge in [0.1, 0.15) is 11.4 Å². The van der Waals surface area contributed by atoms with Gasteiger partial charge in [-0.3, -0.25) is 4.90 Å². The lowest BCUT2D eigenvalue weighted by Gasteiger charge is -2.34.